The van der Waals surface area contributed by atoms with E-state index >= 15 is 0 Å². The van der Waals surface area contributed by atoms with Crippen LogP contribution in [0.15, 0.2) is 0 Å². The quantitative estimate of drug-likeness (QED) is 0.188. The molecule has 5 atom stereocenters. The molecule has 0 bridgehead atoms. The second-order valence-corrected chi connectivity index (χ2v) is 7.78. The summed E-state index contributed by atoms with van der Waals surface area (Å²) in [6.45, 7) is 7.38. The molecule has 0 aliphatic heterocycles. The lowest BCUT2D eigenvalue weighted by atomic mass is 10.0. The average Bonchev–Trinajstić information content (AvgIpc) is 2.59. The highest BCUT2D eigenvalue weighted by molar-refractivity contribution is 5.94. The van der Waals surface area contributed by atoms with Gasteiger partial charge < -0.3 is 37.0 Å². The Morgan fingerprint density at radius 1 is 0.862 bits per heavy atom. The molecule has 0 aromatic rings. The van der Waals surface area contributed by atoms with Crippen LogP contribution in [0.25, 0.3) is 0 Å². The first-order valence-electron chi connectivity index (χ1n) is 9.50. The van der Waals surface area contributed by atoms with Gasteiger partial charge in [0.15, 0.2) is 0 Å². The number of amides is 3. The second kappa shape index (κ2) is 12.3. The predicted octanol–water partition coefficient (Wildman–Crippen LogP) is -2.07. The number of hydrogen-bond donors (Lipinski definition) is 7. The number of aliphatic hydroxyl groups excluding tert-OH is 2. The van der Waals surface area contributed by atoms with Gasteiger partial charge in [0.1, 0.15) is 18.1 Å². The van der Waals surface area contributed by atoms with Crippen LogP contribution < -0.4 is 21.7 Å². The summed E-state index contributed by atoms with van der Waals surface area (Å²) in [7, 11) is 0. The largest absolute Gasteiger partial charge is 0.480 e. The van der Waals surface area contributed by atoms with Crippen molar-refractivity contribution in [3.63, 3.8) is 0 Å². The zero-order valence-electron chi connectivity index (χ0n) is 17.5. The monoisotopic (exact) mass is 418 g/mol. The van der Waals surface area contributed by atoms with Gasteiger partial charge in [-0.05, 0) is 25.2 Å². The van der Waals surface area contributed by atoms with Crippen LogP contribution in [0.3, 0.4) is 0 Å². The van der Waals surface area contributed by atoms with E-state index in [-0.39, 0.29) is 5.92 Å². The number of carboxylic acids is 1. The number of rotatable bonds is 12. The molecule has 0 rings (SSSR count). The summed E-state index contributed by atoms with van der Waals surface area (Å²) in [5.74, 6) is -4.02. The Balaban J connectivity index is 5.15. The molecule has 0 aromatic heterocycles. The second-order valence-electron chi connectivity index (χ2n) is 7.78. The van der Waals surface area contributed by atoms with Gasteiger partial charge in [-0.15, -0.1) is 0 Å². The van der Waals surface area contributed by atoms with E-state index in [2.05, 4.69) is 16.0 Å². The summed E-state index contributed by atoms with van der Waals surface area (Å²) in [5.41, 5.74) is 5.77. The lowest BCUT2D eigenvalue weighted by Gasteiger charge is -2.26. The van der Waals surface area contributed by atoms with Gasteiger partial charge in [0.2, 0.25) is 17.7 Å². The molecule has 0 aliphatic rings. The number of aliphatic carboxylic acids is 1. The Bertz CT molecular complexity index is 581. The summed E-state index contributed by atoms with van der Waals surface area (Å²) in [6, 6.07) is -4.98. The van der Waals surface area contributed by atoms with Gasteiger partial charge in [-0.25, -0.2) is 4.79 Å². The molecule has 0 aromatic carbocycles. The van der Waals surface area contributed by atoms with Crippen molar-refractivity contribution in [2.75, 3.05) is 6.61 Å². The van der Waals surface area contributed by atoms with E-state index in [0.29, 0.717) is 6.42 Å². The van der Waals surface area contributed by atoms with E-state index in [0.717, 1.165) is 0 Å². The normalized spacial score (nSPS) is 16.5. The highest BCUT2D eigenvalue weighted by Gasteiger charge is 2.32. The minimum atomic E-state index is -1.47. The molecule has 3 amide bonds. The number of nitrogens with one attached hydrogen (secondary N) is 3. The molecule has 0 fully saturated rings. The first-order chi connectivity index (χ1) is 13.3. The fourth-order valence-corrected chi connectivity index (χ4v) is 2.50. The van der Waals surface area contributed by atoms with E-state index in [1.165, 1.54) is 6.92 Å². The first-order valence-corrected chi connectivity index (χ1v) is 9.50. The Morgan fingerprint density at radius 2 is 1.38 bits per heavy atom. The van der Waals surface area contributed by atoms with E-state index in [1.54, 1.807) is 13.8 Å². The third-order valence-electron chi connectivity index (χ3n) is 4.17. The van der Waals surface area contributed by atoms with Crippen molar-refractivity contribution in [1.82, 2.24) is 16.0 Å². The zero-order valence-corrected chi connectivity index (χ0v) is 17.5. The van der Waals surface area contributed by atoms with Crippen molar-refractivity contribution < 1.29 is 34.5 Å². The summed E-state index contributed by atoms with van der Waals surface area (Å²) >= 11 is 0. The van der Waals surface area contributed by atoms with Crippen LogP contribution in [0.2, 0.25) is 0 Å². The van der Waals surface area contributed by atoms with Gasteiger partial charge in [0.25, 0.3) is 0 Å². The van der Waals surface area contributed by atoms with Crippen LogP contribution in [0.1, 0.15) is 41.0 Å². The maximum atomic E-state index is 12.5. The van der Waals surface area contributed by atoms with Gasteiger partial charge in [0, 0.05) is 0 Å². The van der Waals surface area contributed by atoms with Crippen molar-refractivity contribution >= 4 is 23.7 Å². The average molecular weight is 418 g/mol. The summed E-state index contributed by atoms with van der Waals surface area (Å²) in [5, 5.41) is 35.2. The zero-order chi connectivity index (χ0) is 22.9. The molecule has 0 heterocycles. The Morgan fingerprint density at radius 3 is 1.76 bits per heavy atom. The number of carboxylic acid groups (broad SMARTS) is 1. The summed E-state index contributed by atoms with van der Waals surface area (Å²) in [4.78, 5) is 48.1. The van der Waals surface area contributed by atoms with Gasteiger partial charge in [-0.3, -0.25) is 14.4 Å². The van der Waals surface area contributed by atoms with Crippen molar-refractivity contribution in [2.24, 2.45) is 17.6 Å². The van der Waals surface area contributed by atoms with Gasteiger partial charge in [-0.1, -0.05) is 27.7 Å². The Hall–Kier alpha value is -2.24. The van der Waals surface area contributed by atoms with E-state index in [4.69, 9.17) is 10.8 Å². The molecule has 11 heteroatoms. The number of carbonyl (C=O) groups excluding carboxylic acids is 3. The number of aliphatic hydroxyl groups is 2. The van der Waals surface area contributed by atoms with E-state index in [1.807, 2.05) is 13.8 Å². The molecule has 8 N–H and O–H groups in total. The topological polar surface area (TPSA) is 191 Å². The molecule has 168 valence electrons. The molecule has 5 unspecified atom stereocenters. The number of hydrogen-bond acceptors (Lipinski definition) is 7. The third-order valence-corrected chi connectivity index (χ3v) is 4.17. The fraction of sp³-hybridized carbons (Fsp3) is 0.778. The minimum Gasteiger partial charge on any atom is -0.480 e. The SMILES string of the molecule is CC(C)CC(N)C(=O)NC(C(=O)NC(CO)C(=O)NC(C(=O)O)C(C)C)C(C)O. The summed E-state index contributed by atoms with van der Waals surface area (Å²) < 4.78 is 0. The molecule has 0 radical (unpaired) electrons. The van der Waals surface area contributed by atoms with Crippen LogP contribution in [-0.2, 0) is 19.2 Å². The highest BCUT2D eigenvalue weighted by Crippen LogP contribution is 2.05. The maximum Gasteiger partial charge on any atom is 0.326 e. The summed E-state index contributed by atoms with van der Waals surface area (Å²) in [6.07, 6.45) is -0.942. The molecule has 11 nitrogen and oxygen atoms in total. The van der Waals surface area contributed by atoms with Gasteiger partial charge >= 0.3 is 5.97 Å². The molecule has 29 heavy (non-hydrogen) atoms. The van der Waals surface area contributed by atoms with E-state index in [9.17, 15) is 29.4 Å². The van der Waals surface area contributed by atoms with Crippen molar-refractivity contribution in [1.29, 1.82) is 0 Å². The first kappa shape index (κ1) is 26.8. The molecule has 0 aliphatic carbocycles. The standard InChI is InChI=1S/C18H34N4O7/c1-8(2)6-11(19)15(25)22-14(10(5)24)17(27)20-12(7-23)16(26)21-13(9(3)4)18(28)29/h8-14,23-24H,6-7,19H2,1-5H3,(H,20,27)(H,21,26)(H,22,25)(H,28,29). The Kier molecular flexibility index (Phi) is 11.4. The highest BCUT2D eigenvalue weighted by atomic mass is 16.4. The smallest absolute Gasteiger partial charge is 0.326 e. The number of carbonyl (C=O) groups is 4. The van der Waals surface area contributed by atoms with Crippen LogP contribution in [0, 0.1) is 11.8 Å². The van der Waals surface area contributed by atoms with Crippen LogP contribution in [0.5, 0.6) is 0 Å². The van der Waals surface area contributed by atoms with Gasteiger partial charge in [0.05, 0.1) is 18.8 Å². The molecule has 0 saturated carbocycles. The predicted molar refractivity (Wildman–Crippen MR) is 104 cm³/mol. The third kappa shape index (κ3) is 9.20. The minimum absolute atomic E-state index is 0.139. The molecule has 0 spiro atoms. The molecule has 0 saturated heterocycles. The molecular formula is C18H34N4O7. The van der Waals surface area contributed by atoms with Crippen molar-refractivity contribution in [3.05, 3.63) is 0 Å². The number of nitrogens with two attached hydrogens (primary N) is 1. The van der Waals surface area contributed by atoms with Crippen LogP contribution in [-0.4, -0.2) is 75.9 Å². The lowest BCUT2D eigenvalue weighted by Crippen LogP contribution is -2.60. The van der Waals surface area contributed by atoms with Crippen LogP contribution in [0.4, 0.5) is 0 Å². The maximum absolute atomic E-state index is 12.5. The van der Waals surface area contributed by atoms with Crippen LogP contribution >= 0.6 is 0 Å². The van der Waals surface area contributed by atoms with Crippen molar-refractivity contribution in [3.8, 4) is 0 Å². The Labute approximate surface area is 170 Å². The molecular weight excluding hydrogens is 384 g/mol. The lowest BCUT2D eigenvalue weighted by molar-refractivity contribution is -0.144. The fourth-order valence-electron chi connectivity index (χ4n) is 2.50. The van der Waals surface area contributed by atoms with Gasteiger partial charge in [-0.2, -0.15) is 0 Å². The van der Waals surface area contributed by atoms with E-state index < -0.39 is 66.5 Å². The van der Waals surface area contributed by atoms with Crippen molar-refractivity contribution in [2.45, 2.75) is 71.3 Å².